The van der Waals surface area contributed by atoms with Gasteiger partial charge in [-0.3, -0.25) is 0 Å². The predicted molar refractivity (Wildman–Crippen MR) is 96.2 cm³/mol. The Hall–Kier alpha value is -1.78. The van der Waals surface area contributed by atoms with Crippen LogP contribution in [0.25, 0.3) is 0 Å². The van der Waals surface area contributed by atoms with Gasteiger partial charge in [-0.05, 0) is 49.6 Å². The van der Waals surface area contributed by atoms with Crippen LogP contribution in [0.3, 0.4) is 0 Å². The molecule has 0 spiro atoms. The van der Waals surface area contributed by atoms with Crippen molar-refractivity contribution in [3.05, 3.63) is 54.0 Å². The number of nitrogens with one attached hydrogen (secondary N) is 1. The third-order valence-corrected chi connectivity index (χ3v) is 3.47. The fourth-order valence-electron chi connectivity index (χ4n) is 2.35. The molecule has 0 aliphatic carbocycles. The first-order valence-corrected chi connectivity index (χ1v) is 8.64. The molecule has 4 heteroatoms. The Labute approximate surface area is 145 Å². The number of hydrogen-bond acceptors (Lipinski definition) is 4. The van der Waals surface area contributed by atoms with E-state index in [4.69, 9.17) is 13.9 Å². The van der Waals surface area contributed by atoms with E-state index in [-0.39, 0.29) is 12.1 Å². The van der Waals surface area contributed by atoms with E-state index in [2.05, 4.69) is 31.3 Å². The molecule has 0 aliphatic heterocycles. The molecule has 4 nitrogen and oxygen atoms in total. The molecule has 1 unspecified atom stereocenters. The molecule has 1 N–H and O–H groups in total. The summed E-state index contributed by atoms with van der Waals surface area (Å²) in [5.74, 6) is 2.32. The molecule has 0 aliphatic rings. The van der Waals surface area contributed by atoms with Crippen molar-refractivity contribution in [3.63, 3.8) is 0 Å². The molecule has 0 radical (unpaired) electrons. The largest absolute Gasteiger partial charge is 0.491 e. The van der Waals surface area contributed by atoms with Gasteiger partial charge in [-0.15, -0.1) is 0 Å². The van der Waals surface area contributed by atoms with Crippen LogP contribution in [0.15, 0.2) is 47.1 Å². The molecule has 24 heavy (non-hydrogen) atoms. The van der Waals surface area contributed by atoms with Crippen LogP contribution in [0.1, 0.15) is 45.1 Å². The molecule has 1 aromatic heterocycles. The van der Waals surface area contributed by atoms with E-state index < -0.39 is 0 Å². The van der Waals surface area contributed by atoms with Gasteiger partial charge in [-0.2, -0.15) is 0 Å². The highest BCUT2D eigenvalue weighted by atomic mass is 16.5. The summed E-state index contributed by atoms with van der Waals surface area (Å²) in [6.45, 7) is 10.5. The first-order valence-electron chi connectivity index (χ1n) is 8.64. The summed E-state index contributed by atoms with van der Waals surface area (Å²) in [5, 5.41) is 3.51. The summed E-state index contributed by atoms with van der Waals surface area (Å²) in [6.07, 6.45) is 1.89. The quantitative estimate of drug-likeness (QED) is 0.692. The molecule has 2 aromatic rings. The number of furan rings is 1. The number of benzene rings is 1. The summed E-state index contributed by atoms with van der Waals surface area (Å²) in [7, 11) is 0. The molecule has 0 saturated heterocycles. The Morgan fingerprint density at radius 2 is 1.75 bits per heavy atom. The minimum absolute atomic E-state index is 0.0466. The van der Waals surface area contributed by atoms with Crippen LogP contribution in [0, 0.1) is 5.92 Å². The molecule has 0 amide bonds. The van der Waals surface area contributed by atoms with E-state index in [9.17, 15) is 0 Å². The second kappa shape index (κ2) is 9.50. The average molecular weight is 331 g/mol. The molecular weight excluding hydrogens is 302 g/mol. The smallest absolute Gasteiger partial charge is 0.123 e. The zero-order valence-electron chi connectivity index (χ0n) is 15.1. The van der Waals surface area contributed by atoms with Crippen molar-refractivity contribution in [1.82, 2.24) is 5.32 Å². The summed E-state index contributed by atoms with van der Waals surface area (Å²) < 4.78 is 17.0. The molecule has 2 rings (SSSR count). The molecule has 0 saturated carbocycles. The van der Waals surface area contributed by atoms with E-state index in [1.165, 1.54) is 5.56 Å². The van der Waals surface area contributed by atoms with E-state index in [1.807, 2.05) is 38.1 Å². The Morgan fingerprint density at radius 3 is 2.33 bits per heavy atom. The van der Waals surface area contributed by atoms with Crippen LogP contribution >= 0.6 is 0 Å². The SMILES string of the molecule is CC(C)COCC(NCc1ccc(OC(C)C)cc1)c1ccco1. The highest BCUT2D eigenvalue weighted by Crippen LogP contribution is 2.17. The second-order valence-corrected chi connectivity index (χ2v) is 6.69. The van der Waals surface area contributed by atoms with Crippen LogP contribution in [0.5, 0.6) is 5.75 Å². The fourth-order valence-corrected chi connectivity index (χ4v) is 2.35. The first kappa shape index (κ1) is 18.6. The van der Waals surface area contributed by atoms with Crippen molar-refractivity contribution in [2.75, 3.05) is 13.2 Å². The lowest BCUT2D eigenvalue weighted by molar-refractivity contribution is 0.0844. The van der Waals surface area contributed by atoms with Crippen molar-refractivity contribution in [2.45, 2.75) is 46.4 Å². The highest BCUT2D eigenvalue weighted by molar-refractivity contribution is 5.27. The van der Waals surface area contributed by atoms with Gasteiger partial charge in [0, 0.05) is 13.2 Å². The lowest BCUT2D eigenvalue weighted by atomic mass is 10.2. The monoisotopic (exact) mass is 331 g/mol. The zero-order chi connectivity index (χ0) is 17.4. The Balaban J connectivity index is 1.89. The summed E-state index contributed by atoms with van der Waals surface area (Å²) in [5.41, 5.74) is 1.20. The summed E-state index contributed by atoms with van der Waals surface area (Å²) in [4.78, 5) is 0. The highest BCUT2D eigenvalue weighted by Gasteiger charge is 2.14. The molecule has 0 fully saturated rings. The molecular formula is C20H29NO3. The van der Waals surface area contributed by atoms with Gasteiger partial charge in [-0.1, -0.05) is 26.0 Å². The van der Waals surface area contributed by atoms with Crippen LogP contribution in [-0.2, 0) is 11.3 Å². The van der Waals surface area contributed by atoms with Gasteiger partial charge in [0.15, 0.2) is 0 Å². The van der Waals surface area contributed by atoms with Gasteiger partial charge in [0.1, 0.15) is 11.5 Å². The van der Waals surface area contributed by atoms with Crippen molar-refractivity contribution in [1.29, 1.82) is 0 Å². The Morgan fingerprint density at radius 1 is 1.00 bits per heavy atom. The van der Waals surface area contributed by atoms with Crippen molar-refractivity contribution >= 4 is 0 Å². The lowest BCUT2D eigenvalue weighted by Crippen LogP contribution is -2.25. The van der Waals surface area contributed by atoms with Crippen LogP contribution in [-0.4, -0.2) is 19.3 Å². The second-order valence-electron chi connectivity index (χ2n) is 6.69. The normalized spacial score (nSPS) is 12.8. The van der Waals surface area contributed by atoms with E-state index in [1.54, 1.807) is 6.26 Å². The van der Waals surface area contributed by atoms with Crippen molar-refractivity contribution in [3.8, 4) is 5.75 Å². The number of ether oxygens (including phenoxy) is 2. The van der Waals surface area contributed by atoms with Gasteiger partial charge in [0.2, 0.25) is 0 Å². The van der Waals surface area contributed by atoms with Gasteiger partial charge in [0.25, 0.3) is 0 Å². The molecule has 0 bridgehead atoms. The van der Waals surface area contributed by atoms with Gasteiger partial charge < -0.3 is 19.2 Å². The van der Waals surface area contributed by atoms with E-state index in [0.717, 1.165) is 24.7 Å². The van der Waals surface area contributed by atoms with E-state index >= 15 is 0 Å². The van der Waals surface area contributed by atoms with Crippen molar-refractivity contribution in [2.24, 2.45) is 5.92 Å². The number of hydrogen-bond donors (Lipinski definition) is 1. The number of rotatable bonds is 10. The molecule has 1 heterocycles. The summed E-state index contributed by atoms with van der Waals surface area (Å²) >= 11 is 0. The van der Waals surface area contributed by atoms with Crippen LogP contribution < -0.4 is 10.1 Å². The maximum absolute atomic E-state index is 5.79. The third-order valence-electron chi connectivity index (χ3n) is 3.47. The first-order chi connectivity index (χ1) is 11.5. The standard InChI is InChI=1S/C20H29NO3/c1-15(2)13-22-14-19(20-6-5-11-23-20)21-12-17-7-9-18(10-8-17)24-16(3)4/h5-11,15-16,19,21H,12-14H2,1-4H3. The van der Waals surface area contributed by atoms with Gasteiger partial charge in [-0.25, -0.2) is 0 Å². The minimum atomic E-state index is 0.0466. The Bertz CT molecular complexity index is 561. The van der Waals surface area contributed by atoms with Gasteiger partial charge in [0.05, 0.1) is 25.0 Å². The Kier molecular flexibility index (Phi) is 7.35. The minimum Gasteiger partial charge on any atom is -0.491 e. The van der Waals surface area contributed by atoms with E-state index in [0.29, 0.717) is 12.5 Å². The van der Waals surface area contributed by atoms with Crippen LogP contribution in [0.4, 0.5) is 0 Å². The zero-order valence-corrected chi connectivity index (χ0v) is 15.1. The van der Waals surface area contributed by atoms with Crippen molar-refractivity contribution < 1.29 is 13.9 Å². The third kappa shape index (κ3) is 6.38. The lowest BCUT2D eigenvalue weighted by Gasteiger charge is -2.18. The molecule has 132 valence electrons. The predicted octanol–water partition coefficient (Wildman–Crippen LogP) is 4.57. The fraction of sp³-hybridized carbons (Fsp3) is 0.500. The molecule has 1 atom stereocenters. The average Bonchev–Trinajstić information content (AvgIpc) is 3.05. The molecule has 1 aromatic carbocycles. The topological polar surface area (TPSA) is 43.6 Å². The van der Waals surface area contributed by atoms with Crippen LogP contribution in [0.2, 0.25) is 0 Å². The summed E-state index contributed by atoms with van der Waals surface area (Å²) in [6, 6.07) is 12.1. The maximum Gasteiger partial charge on any atom is 0.123 e. The van der Waals surface area contributed by atoms with Gasteiger partial charge >= 0.3 is 0 Å². The maximum atomic E-state index is 5.79.